The smallest absolute Gasteiger partial charge is 0.130 e. The highest BCUT2D eigenvalue weighted by atomic mass is 15.2. The molecular formula is C23H23N3. The van der Waals surface area contributed by atoms with Crippen LogP contribution < -0.4 is 0 Å². The predicted molar refractivity (Wildman–Crippen MR) is 108 cm³/mol. The first-order valence-electron chi connectivity index (χ1n) is 8.71. The molecule has 0 bridgehead atoms. The first-order chi connectivity index (χ1) is 12.8. The number of rotatable bonds is 4. The van der Waals surface area contributed by atoms with Gasteiger partial charge in [0.15, 0.2) is 0 Å². The zero-order valence-electron chi connectivity index (χ0n) is 14.8. The predicted octanol–water partition coefficient (Wildman–Crippen LogP) is 4.54. The molecule has 2 aromatic carbocycles. The Morgan fingerprint density at radius 1 is 0.846 bits per heavy atom. The zero-order valence-corrected chi connectivity index (χ0v) is 14.8. The van der Waals surface area contributed by atoms with E-state index in [2.05, 4.69) is 65.0 Å². The first-order valence-corrected chi connectivity index (χ1v) is 8.71. The molecule has 1 aliphatic rings. The first kappa shape index (κ1) is 17.6. The summed E-state index contributed by atoms with van der Waals surface area (Å²) in [6.07, 6.45) is 7.36. The Morgan fingerprint density at radius 3 is 1.81 bits per heavy atom. The number of pyridine rings is 1. The van der Waals surface area contributed by atoms with Crippen LogP contribution in [0.15, 0.2) is 109 Å². The van der Waals surface area contributed by atoms with Gasteiger partial charge in [-0.05, 0) is 23.3 Å². The summed E-state index contributed by atoms with van der Waals surface area (Å²) in [5, 5.41) is 0. The average Bonchev–Trinajstić information content (AvgIpc) is 3.17. The molecule has 2 heterocycles. The molecule has 0 N–H and O–H groups in total. The molecule has 0 saturated carbocycles. The van der Waals surface area contributed by atoms with Crippen LogP contribution in [0.1, 0.15) is 11.1 Å². The van der Waals surface area contributed by atoms with Crippen molar-refractivity contribution in [3.8, 4) is 0 Å². The molecule has 0 fully saturated rings. The lowest BCUT2D eigenvalue weighted by Gasteiger charge is -2.29. The number of nitrogens with zero attached hydrogens (tertiary/aromatic N) is 3. The Balaban J connectivity index is 0.000000278. The van der Waals surface area contributed by atoms with Crippen LogP contribution >= 0.6 is 0 Å². The van der Waals surface area contributed by atoms with Crippen molar-refractivity contribution < 1.29 is 0 Å². The molecule has 0 saturated heterocycles. The molecule has 0 radical (unpaired) electrons. The highest BCUT2D eigenvalue weighted by Gasteiger charge is 2.38. The lowest BCUT2D eigenvalue weighted by Crippen LogP contribution is -2.33. The van der Waals surface area contributed by atoms with E-state index in [9.17, 15) is 0 Å². The van der Waals surface area contributed by atoms with Gasteiger partial charge in [0.1, 0.15) is 5.54 Å². The monoisotopic (exact) mass is 341 g/mol. The van der Waals surface area contributed by atoms with E-state index in [4.69, 9.17) is 4.99 Å². The molecular weight excluding hydrogens is 318 g/mol. The molecule has 0 spiro atoms. The fourth-order valence-electron chi connectivity index (χ4n) is 3.07. The van der Waals surface area contributed by atoms with Crippen LogP contribution in [0.3, 0.4) is 0 Å². The molecule has 4 rings (SSSR count). The summed E-state index contributed by atoms with van der Waals surface area (Å²) in [4.78, 5) is 10.8. The second-order valence-corrected chi connectivity index (χ2v) is 6.08. The van der Waals surface area contributed by atoms with Crippen molar-refractivity contribution in [2.45, 2.75) is 5.54 Å². The van der Waals surface area contributed by atoms with Crippen LogP contribution in [0.5, 0.6) is 0 Å². The Bertz CT molecular complexity index is 748. The molecule has 0 unspecified atom stereocenters. The molecule has 26 heavy (non-hydrogen) atoms. The number of benzene rings is 2. The van der Waals surface area contributed by atoms with Crippen LogP contribution in [-0.2, 0) is 5.54 Å². The van der Waals surface area contributed by atoms with Gasteiger partial charge in [-0.3, -0.25) is 9.98 Å². The Morgan fingerprint density at radius 2 is 1.38 bits per heavy atom. The third kappa shape index (κ3) is 4.06. The summed E-state index contributed by atoms with van der Waals surface area (Å²) >= 11 is 0. The third-order valence-electron chi connectivity index (χ3n) is 4.31. The minimum Gasteiger partial charge on any atom is -0.356 e. The van der Waals surface area contributed by atoms with Gasteiger partial charge in [0.2, 0.25) is 0 Å². The van der Waals surface area contributed by atoms with Gasteiger partial charge in [0.05, 0.1) is 12.9 Å². The molecule has 0 amide bonds. The summed E-state index contributed by atoms with van der Waals surface area (Å²) in [7, 11) is 0. The van der Waals surface area contributed by atoms with E-state index in [0.29, 0.717) is 0 Å². The molecule has 0 aliphatic carbocycles. The number of hydrogen-bond acceptors (Lipinski definition) is 3. The molecule has 3 heteroatoms. The van der Waals surface area contributed by atoms with Crippen molar-refractivity contribution in [2.24, 2.45) is 4.99 Å². The second kappa shape index (κ2) is 8.77. The van der Waals surface area contributed by atoms with E-state index in [1.165, 1.54) is 11.1 Å². The SMILES string of the molecule is C=CCN1C=NC(c2ccccc2)(c2ccccc2)C1.c1ccncc1. The van der Waals surface area contributed by atoms with Gasteiger partial charge in [-0.2, -0.15) is 0 Å². The standard InChI is InChI=1S/C18H18N2.C5H5N/c1-2-13-20-14-18(19-15-20,16-9-5-3-6-10-16)17-11-7-4-8-12-17;1-2-4-6-5-3-1/h2-12,15H,1,13-14H2;1-5H. The maximum Gasteiger partial charge on any atom is 0.130 e. The summed E-state index contributed by atoms with van der Waals surface area (Å²) in [6, 6.07) is 26.7. The van der Waals surface area contributed by atoms with Gasteiger partial charge in [-0.25, -0.2) is 0 Å². The normalized spacial score (nSPS) is 14.4. The van der Waals surface area contributed by atoms with Crippen LogP contribution in [0.25, 0.3) is 0 Å². The summed E-state index contributed by atoms with van der Waals surface area (Å²) < 4.78 is 0. The largest absolute Gasteiger partial charge is 0.356 e. The van der Waals surface area contributed by atoms with Crippen LogP contribution in [0.2, 0.25) is 0 Å². The lowest BCUT2D eigenvalue weighted by atomic mass is 9.83. The van der Waals surface area contributed by atoms with Crippen molar-refractivity contribution in [2.75, 3.05) is 13.1 Å². The second-order valence-electron chi connectivity index (χ2n) is 6.08. The van der Waals surface area contributed by atoms with Crippen molar-refractivity contribution in [3.05, 3.63) is 115 Å². The quantitative estimate of drug-likeness (QED) is 0.652. The van der Waals surface area contributed by atoms with E-state index < -0.39 is 0 Å². The minimum absolute atomic E-state index is 0.300. The van der Waals surface area contributed by atoms with E-state index in [1.807, 2.05) is 42.7 Å². The average molecular weight is 341 g/mol. The maximum atomic E-state index is 4.86. The number of hydrogen-bond donors (Lipinski definition) is 0. The van der Waals surface area contributed by atoms with Crippen molar-refractivity contribution in [1.29, 1.82) is 0 Å². The summed E-state index contributed by atoms with van der Waals surface area (Å²) in [5.74, 6) is 0. The molecule has 1 aromatic heterocycles. The van der Waals surface area contributed by atoms with Gasteiger partial charge in [-0.15, -0.1) is 6.58 Å². The highest BCUT2D eigenvalue weighted by Crippen LogP contribution is 2.37. The number of aromatic nitrogens is 1. The molecule has 3 nitrogen and oxygen atoms in total. The van der Waals surface area contributed by atoms with E-state index >= 15 is 0 Å². The van der Waals surface area contributed by atoms with Gasteiger partial charge in [0, 0.05) is 18.9 Å². The van der Waals surface area contributed by atoms with E-state index in [-0.39, 0.29) is 5.54 Å². The Hall–Kier alpha value is -3.20. The van der Waals surface area contributed by atoms with Crippen molar-refractivity contribution in [1.82, 2.24) is 9.88 Å². The highest BCUT2D eigenvalue weighted by molar-refractivity contribution is 5.63. The summed E-state index contributed by atoms with van der Waals surface area (Å²) in [5.41, 5.74) is 2.16. The van der Waals surface area contributed by atoms with Crippen LogP contribution in [-0.4, -0.2) is 29.3 Å². The van der Waals surface area contributed by atoms with E-state index in [1.54, 1.807) is 12.4 Å². The molecule has 0 atom stereocenters. The van der Waals surface area contributed by atoms with Gasteiger partial charge in [0.25, 0.3) is 0 Å². The lowest BCUT2D eigenvalue weighted by molar-refractivity contribution is 0.413. The fraction of sp³-hybridized carbons (Fsp3) is 0.130. The number of aliphatic imine (C=N–C) groups is 1. The van der Waals surface area contributed by atoms with Crippen LogP contribution in [0, 0.1) is 0 Å². The van der Waals surface area contributed by atoms with Gasteiger partial charge < -0.3 is 4.90 Å². The van der Waals surface area contributed by atoms with E-state index in [0.717, 1.165) is 13.1 Å². The fourth-order valence-corrected chi connectivity index (χ4v) is 3.07. The third-order valence-corrected chi connectivity index (χ3v) is 4.31. The molecule has 1 aliphatic heterocycles. The molecule has 3 aromatic rings. The van der Waals surface area contributed by atoms with Crippen molar-refractivity contribution in [3.63, 3.8) is 0 Å². The Kier molecular flexibility index (Phi) is 5.94. The topological polar surface area (TPSA) is 28.5 Å². The maximum absolute atomic E-state index is 4.86. The van der Waals surface area contributed by atoms with Gasteiger partial charge >= 0.3 is 0 Å². The molecule has 130 valence electrons. The summed E-state index contributed by atoms with van der Waals surface area (Å²) in [6.45, 7) is 5.49. The zero-order chi connectivity index (χ0) is 18.1. The Labute approximate surface area is 155 Å². The minimum atomic E-state index is -0.300. The van der Waals surface area contributed by atoms with Crippen LogP contribution in [0.4, 0.5) is 0 Å². The van der Waals surface area contributed by atoms with Gasteiger partial charge in [-0.1, -0.05) is 72.8 Å². The van der Waals surface area contributed by atoms with Crippen molar-refractivity contribution >= 4 is 6.34 Å².